The number of nitrogens with zero attached hydrogens (tertiary/aromatic N) is 1. The molecule has 0 aromatic rings. The van der Waals surface area contributed by atoms with Crippen LogP contribution in [0.4, 0.5) is 0 Å². The molecule has 0 rings (SSSR count). The lowest BCUT2D eigenvalue weighted by atomic mass is 10.2. The SMILES string of the molecule is COC(=O)C(CCN)N(C)C. The quantitative estimate of drug-likeness (QED) is 0.560. The summed E-state index contributed by atoms with van der Waals surface area (Å²) in [4.78, 5) is 12.8. The van der Waals surface area contributed by atoms with Crippen molar-refractivity contribution in [3.05, 3.63) is 0 Å². The fraction of sp³-hybridized carbons (Fsp3) is 0.857. The molecule has 0 spiro atoms. The topological polar surface area (TPSA) is 55.6 Å². The first-order chi connectivity index (χ1) is 5.13. The van der Waals surface area contributed by atoms with Crippen LogP contribution in [0.5, 0.6) is 0 Å². The Morgan fingerprint density at radius 1 is 1.64 bits per heavy atom. The lowest BCUT2D eigenvalue weighted by Gasteiger charge is -2.20. The predicted molar refractivity (Wildman–Crippen MR) is 43.2 cm³/mol. The second-order valence-electron chi connectivity index (χ2n) is 2.58. The van der Waals surface area contributed by atoms with Crippen LogP contribution in [0.2, 0.25) is 0 Å². The minimum absolute atomic E-state index is 0.204. The van der Waals surface area contributed by atoms with Crippen molar-refractivity contribution in [1.29, 1.82) is 0 Å². The molecule has 0 saturated carbocycles. The van der Waals surface area contributed by atoms with E-state index < -0.39 is 0 Å². The van der Waals surface area contributed by atoms with E-state index in [1.807, 2.05) is 14.1 Å². The van der Waals surface area contributed by atoms with E-state index in [9.17, 15) is 4.79 Å². The Balaban J connectivity index is 3.98. The molecule has 0 aliphatic rings. The number of ether oxygens (including phenoxy) is 1. The largest absolute Gasteiger partial charge is 0.468 e. The van der Waals surface area contributed by atoms with Gasteiger partial charge in [0.1, 0.15) is 6.04 Å². The highest BCUT2D eigenvalue weighted by Crippen LogP contribution is 1.99. The third kappa shape index (κ3) is 3.34. The molecule has 0 radical (unpaired) electrons. The van der Waals surface area contributed by atoms with E-state index in [-0.39, 0.29) is 12.0 Å². The Hall–Kier alpha value is -0.610. The molecule has 11 heavy (non-hydrogen) atoms. The van der Waals surface area contributed by atoms with Crippen LogP contribution in [-0.2, 0) is 9.53 Å². The minimum Gasteiger partial charge on any atom is -0.468 e. The van der Waals surface area contributed by atoms with E-state index in [0.29, 0.717) is 13.0 Å². The summed E-state index contributed by atoms with van der Waals surface area (Å²) in [7, 11) is 5.05. The third-order valence-electron chi connectivity index (χ3n) is 1.54. The van der Waals surface area contributed by atoms with E-state index in [1.165, 1.54) is 7.11 Å². The fourth-order valence-corrected chi connectivity index (χ4v) is 0.881. The predicted octanol–water partition coefficient (Wildman–Crippen LogP) is -0.562. The average molecular weight is 160 g/mol. The van der Waals surface area contributed by atoms with Gasteiger partial charge in [-0.1, -0.05) is 0 Å². The van der Waals surface area contributed by atoms with Crippen LogP contribution in [0, 0.1) is 0 Å². The van der Waals surface area contributed by atoms with Crippen molar-refractivity contribution < 1.29 is 9.53 Å². The van der Waals surface area contributed by atoms with E-state index in [0.717, 1.165) is 0 Å². The molecule has 0 aromatic carbocycles. The number of nitrogens with two attached hydrogens (primary N) is 1. The van der Waals surface area contributed by atoms with Crippen molar-refractivity contribution in [2.45, 2.75) is 12.5 Å². The monoisotopic (exact) mass is 160 g/mol. The zero-order valence-electron chi connectivity index (χ0n) is 7.33. The van der Waals surface area contributed by atoms with Gasteiger partial charge in [0.25, 0.3) is 0 Å². The summed E-state index contributed by atoms with van der Waals surface area (Å²) >= 11 is 0. The molecular weight excluding hydrogens is 144 g/mol. The van der Waals surface area contributed by atoms with Crippen LogP contribution in [0.3, 0.4) is 0 Å². The van der Waals surface area contributed by atoms with Crippen LogP contribution < -0.4 is 5.73 Å². The molecule has 0 aromatic heterocycles. The maximum atomic E-state index is 11.0. The summed E-state index contributed by atoms with van der Waals surface area (Å²) in [5.41, 5.74) is 5.33. The first-order valence-electron chi connectivity index (χ1n) is 3.57. The summed E-state index contributed by atoms with van der Waals surface area (Å²) in [6, 6.07) is -0.204. The second kappa shape index (κ2) is 5.09. The Labute approximate surface area is 67.3 Å². The van der Waals surface area contributed by atoms with Gasteiger partial charge in [0, 0.05) is 0 Å². The molecule has 0 heterocycles. The number of carbonyl (C=O) groups is 1. The third-order valence-corrected chi connectivity index (χ3v) is 1.54. The van der Waals surface area contributed by atoms with Gasteiger partial charge in [0.2, 0.25) is 0 Å². The highest BCUT2D eigenvalue weighted by molar-refractivity contribution is 5.75. The van der Waals surface area contributed by atoms with Gasteiger partial charge < -0.3 is 10.5 Å². The molecule has 1 unspecified atom stereocenters. The first kappa shape index (κ1) is 10.4. The van der Waals surface area contributed by atoms with Crippen LogP contribution in [0.15, 0.2) is 0 Å². The fourth-order valence-electron chi connectivity index (χ4n) is 0.881. The van der Waals surface area contributed by atoms with E-state index >= 15 is 0 Å². The summed E-state index contributed by atoms with van der Waals surface area (Å²) in [5.74, 6) is -0.222. The normalized spacial score (nSPS) is 13.2. The van der Waals surface area contributed by atoms with Crippen LogP contribution >= 0.6 is 0 Å². The molecule has 0 aliphatic carbocycles. The molecule has 0 aliphatic heterocycles. The average Bonchev–Trinajstić information content (AvgIpc) is 1.98. The smallest absolute Gasteiger partial charge is 0.323 e. The van der Waals surface area contributed by atoms with Crippen molar-refractivity contribution in [1.82, 2.24) is 4.90 Å². The number of carbonyl (C=O) groups excluding carboxylic acids is 1. The number of rotatable bonds is 4. The maximum Gasteiger partial charge on any atom is 0.323 e. The molecule has 0 bridgehead atoms. The minimum atomic E-state index is -0.222. The number of methoxy groups -OCH3 is 1. The van der Waals surface area contributed by atoms with E-state index in [2.05, 4.69) is 4.74 Å². The molecule has 2 N–H and O–H groups in total. The van der Waals surface area contributed by atoms with Gasteiger partial charge in [-0.2, -0.15) is 0 Å². The number of esters is 1. The second-order valence-corrected chi connectivity index (χ2v) is 2.58. The van der Waals surface area contributed by atoms with Crippen molar-refractivity contribution in [2.75, 3.05) is 27.7 Å². The number of hydrogen-bond acceptors (Lipinski definition) is 4. The maximum absolute atomic E-state index is 11.0. The standard InChI is InChI=1S/C7H16N2O2/c1-9(2)6(4-5-8)7(10)11-3/h6H,4-5,8H2,1-3H3. The van der Waals surface area contributed by atoms with E-state index in [4.69, 9.17) is 5.73 Å². The van der Waals surface area contributed by atoms with Gasteiger partial charge in [-0.3, -0.25) is 9.69 Å². The Morgan fingerprint density at radius 2 is 2.18 bits per heavy atom. The molecule has 4 heteroatoms. The van der Waals surface area contributed by atoms with Crippen molar-refractivity contribution >= 4 is 5.97 Å². The highest BCUT2D eigenvalue weighted by Gasteiger charge is 2.19. The van der Waals surface area contributed by atoms with Crippen LogP contribution in [0.25, 0.3) is 0 Å². The number of hydrogen-bond donors (Lipinski definition) is 1. The molecule has 0 amide bonds. The van der Waals surface area contributed by atoms with Gasteiger partial charge in [0.05, 0.1) is 7.11 Å². The van der Waals surface area contributed by atoms with E-state index in [1.54, 1.807) is 4.90 Å². The van der Waals surface area contributed by atoms with Crippen LogP contribution in [0.1, 0.15) is 6.42 Å². The highest BCUT2D eigenvalue weighted by atomic mass is 16.5. The van der Waals surface area contributed by atoms with Crippen LogP contribution in [-0.4, -0.2) is 44.7 Å². The van der Waals surface area contributed by atoms with Crippen molar-refractivity contribution in [3.8, 4) is 0 Å². The molecule has 0 fully saturated rings. The Morgan fingerprint density at radius 3 is 2.45 bits per heavy atom. The van der Waals surface area contributed by atoms with Crippen molar-refractivity contribution in [2.24, 2.45) is 5.73 Å². The van der Waals surface area contributed by atoms with Gasteiger partial charge in [-0.05, 0) is 27.1 Å². The number of likely N-dealkylation sites (N-methyl/N-ethyl adjacent to an activating group) is 1. The van der Waals surface area contributed by atoms with Crippen molar-refractivity contribution in [3.63, 3.8) is 0 Å². The molecular formula is C7H16N2O2. The Bertz CT molecular complexity index is 126. The molecule has 1 atom stereocenters. The van der Waals surface area contributed by atoms with Gasteiger partial charge in [-0.15, -0.1) is 0 Å². The zero-order valence-corrected chi connectivity index (χ0v) is 7.33. The zero-order chi connectivity index (χ0) is 8.85. The summed E-state index contributed by atoms with van der Waals surface area (Å²) in [6.07, 6.45) is 0.639. The van der Waals surface area contributed by atoms with Gasteiger partial charge in [-0.25, -0.2) is 0 Å². The summed E-state index contributed by atoms with van der Waals surface area (Å²) < 4.78 is 4.59. The first-order valence-corrected chi connectivity index (χ1v) is 3.57. The Kier molecular flexibility index (Phi) is 4.81. The lowest BCUT2D eigenvalue weighted by Crippen LogP contribution is -2.38. The van der Waals surface area contributed by atoms with Gasteiger partial charge >= 0.3 is 5.97 Å². The lowest BCUT2D eigenvalue weighted by molar-refractivity contribution is -0.146. The summed E-state index contributed by atoms with van der Waals surface area (Å²) in [5, 5.41) is 0. The molecule has 0 saturated heterocycles. The summed E-state index contributed by atoms with van der Waals surface area (Å²) in [6.45, 7) is 0.498. The molecule has 4 nitrogen and oxygen atoms in total. The van der Waals surface area contributed by atoms with Gasteiger partial charge in [0.15, 0.2) is 0 Å². The molecule has 66 valence electrons.